The van der Waals surface area contributed by atoms with Crippen LogP contribution in [0.1, 0.15) is 38.7 Å². The van der Waals surface area contributed by atoms with E-state index in [1.807, 2.05) is 6.07 Å². The Hall–Kier alpha value is -0.0500. The molecular formula is C15H21BrClN. The average Bonchev–Trinajstić information content (AvgIpc) is 2.85. The predicted molar refractivity (Wildman–Crippen MR) is 82.3 cm³/mol. The molecule has 1 aliphatic rings. The molecule has 1 nitrogen and oxygen atoms in total. The third kappa shape index (κ3) is 2.76. The Morgan fingerprint density at radius 2 is 2.11 bits per heavy atom. The first-order chi connectivity index (χ1) is 8.48. The molecule has 0 aromatic heterocycles. The SMILES string of the molecule is CCCNCC1C(c2ccc(Cl)c(Br)c2)C1(C)C. The van der Waals surface area contributed by atoms with Gasteiger partial charge in [-0.25, -0.2) is 0 Å². The molecule has 2 atom stereocenters. The van der Waals surface area contributed by atoms with E-state index in [-0.39, 0.29) is 0 Å². The monoisotopic (exact) mass is 329 g/mol. The predicted octanol–water partition coefficient (Wildman–Crippen LogP) is 4.84. The standard InChI is InChI=1S/C15H21BrClN/c1-4-7-18-9-11-14(15(11,2)3)10-5-6-13(17)12(16)8-10/h5-6,8,11,14,18H,4,7,9H2,1-3H3. The van der Waals surface area contributed by atoms with Gasteiger partial charge in [0, 0.05) is 4.47 Å². The molecule has 100 valence electrons. The third-order valence-electron chi connectivity index (χ3n) is 4.14. The summed E-state index contributed by atoms with van der Waals surface area (Å²) in [6, 6.07) is 6.33. The Morgan fingerprint density at radius 1 is 1.39 bits per heavy atom. The fraction of sp³-hybridized carbons (Fsp3) is 0.600. The maximum atomic E-state index is 6.06. The molecule has 1 N–H and O–H groups in total. The zero-order valence-corrected chi connectivity index (χ0v) is 13.6. The minimum absolute atomic E-state index is 0.397. The van der Waals surface area contributed by atoms with Crippen LogP contribution in [-0.4, -0.2) is 13.1 Å². The van der Waals surface area contributed by atoms with Crippen molar-refractivity contribution < 1.29 is 0 Å². The van der Waals surface area contributed by atoms with Gasteiger partial charge in [0.05, 0.1) is 5.02 Å². The van der Waals surface area contributed by atoms with Gasteiger partial charge in [0.25, 0.3) is 0 Å². The summed E-state index contributed by atoms with van der Waals surface area (Å²) in [4.78, 5) is 0. The first-order valence-electron chi connectivity index (χ1n) is 6.64. The number of hydrogen-bond donors (Lipinski definition) is 1. The fourth-order valence-corrected chi connectivity index (χ4v) is 3.44. The molecule has 2 unspecified atom stereocenters. The summed E-state index contributed by atoms with van der Waals surface area (Å²) in [6.45, 7) is 9.16. The van der Waals surface area contributed by atoms with Crippen molar-refractivity contribution >= 4 is 27.5 Å². The van der Waals surface area contributed by atoms with Crippen LogP contribution in [0.4, 0.5) is 0 Å². The molecule has 0 amide bonds. The van der Waals surface area contributed by atoms with Crippen LogP contribution in [0.25, 0.3) is 0 Å². The number of rotatable bonds is 5. The lowest BCUT2D eigenvalue weighted by molar-refractivity contribution is 0.518. The summed E-state index contributed by atoms with van der Waals surface area (Å²) in [5, 5.41) is 4.33. The lowest BCUT2D eigenvalue weighted by atomic mass is 10.0. The topological polar surface area (TPSA) is 12.0 Å². The number of nitrogens with one attached hydrogen (secondary N) is 1. The molecule has 18 heavy (non-hydrogen) atoms. The van der Waals surface area contributed by atoms with E-state index in [0.717, 1.165) is 28.5 Å². The van der Waals surface area contributed by atoms with E-state index in [4.69, 9.17) is 11.6 Å². The number of halogens is 2. The highest BCUT2D eigenvalue weighted by atomic mass is 79.9. The van der Waals surface area contributed by atoms with E-state index < -0.39 is 0 Å². The second kappa shape index (κ2) is 5.52. The van der Waals surface area contributed by atoms with Crippen LogP contribution in [0.5, 0.6) is 0 Å². The molecule has 3 heteroatoms. The zero-order valence-electron chi connectivity index (χ0n) is 11.3. The van der Waals surface area contributed by atoms with Gasteiger partial charge < -0.3 is 5.32 Å². The average molecular weight is 331 g/mol. The second-order valence-electron chi connectivity index (χ2n) is 5.78. The van der Waals surface area contributed by atoms with Gasteiger partial charge in [-0.3, -0.25) is 0 Å². The Balaban J connectivity index is 2.07. The van der Waals surface area contributed by atoms with E-state index in [0.29, 0.717) is 11.3 Å². The third-order valence-corrected chi connectivity index (χ3v) is 5.36. The Morgan fingerprint density at radius 3 is 2.72 bits per heavy atom. The van der Waals surface area contributed by atoms with Crippen LogP contribution < -0.4 is 5.32 Å². The maximum absolute atomic E-state index is 6.06. The minimum atomic E-state index is 0.397. The molecule has 1 aromatic carbocycles. The highest BCUT2D eigenvalue weighted by molar-refractivity contribution is 9.10. The molecule has 1 aliphatic carbocycles. The highest BCUT2D eigenvalue weighted by Crippen LogP contribution is 2.64. The van der Waals surface area contributed by atoms with E-state index in [1.54, 1.807) is 0 Å². The minimum Gasteiger partial charge on any atom is -0.316 e. The Bertz CT molecular complexity index is 431. The lowest BCUT2D eigenvalue weighted by Gasteiger charge is -2.04. The van der Waals surface area contributed by atoms with Gasteiger partial charge in [0.2, 0.25) is 0 Å². The van der Waals surface area contributed by atoms with Crippen molar-refractivity contribution in [2.75, 3.05) is 13.1 Å². The van der Waals surface area contributed by atoms with Crippen LogP contribution in [0.3, 0.4) is 0 Å². The Labute approximate surface area is 123 Å². The van der Waals surface area contributed by atoms with E-state index in [1.165, 1.54) is 12.0 Å². The molecule has 1 aromatic rings. The lowest BCUT2D eigenvalue weighted by Crippen LogP contribution is -2.19. The quantitative estimate of drug-likeness (QED) is 0.762. The van der Waals surface area contributed by atoms with Gasteiger partial charge >= 0.3 is 0 Å². The van der Waals surface area contributed by atoms with Gasteiger partial charge in [-0.2, -0.15) is 0 Å². The van der Waals surface area contributed by atoms with Gasteiger partial charge in [-0.1, -0.05) is 38.4 Å². The van der Waals surface area contributed by atoms with E-state index >= 15 is 0 Å². The molecular weight excluding hydrogens is 310 g/mol. The maximum Gasteiger partial charge on any atom is 0.0548 e. The zero-order chi connectivity index (χ0) is 13.3. The number of benzene rings is 1. The van der Waals surface area contributed by atoms with Gasteiger partial charge in [-0.05, 0) is 70.4 Å². The second-order valence-corrected chi connectivity index (χ2v) is 7.04. The summed E-state index contributed by atoms with van der Waals surface area (Å²) in [5.74, 6) is 1.38. The van der Waals surface area contributed by atoms with E-state index in [9.17, 15) is 0 Å². The molecule has 0 radical (unpaired) electrons. The molecule has 1 saturated carbocycles. The van der Waals surface area contributed by atoms with Crippen molar-refractivity contribution in [1.82, 2.24) is 5.32 Å². The molecule has 0 spiro atoms. The smallest absolute Gasteiger partial charge is 0.0548 e. The van der Waals surface area contributed by atoms with Crippen molar-refractivity contribution in [2.24, 2.45) is 11.3 Å². The molecule has 0 saturated heterocycles. The largest absolute Gasteiger partial charge is 0.316 e. The van der Waals surface area contributed by atoms with Crippen LogP contribution in [0, 0.1) is 11.3 Å². The van der Waals surface area contributed by atoms with E-state index in [2.05, 4.69) is 54.2 Å². The highest BCUT2D eigenvalue weighted by Gasteiger charge is 2.57. The van der Waals surface area contributed by atoms with Gasteiger partial charge in [0.1, 0.15) is 0 Å². The normalized spacial score (nSPS) is 25.2. The molecule has 0 aliphatic heterocycles. The van der Waals surface area contributed by atoms with Crippen LogP contribution >= 0.6 is 27.5 Å². The van der Waals surface area contributed by atoms with Crippen molar-refractivity contribution in [3.8, 4) is 0 Å². The van der Waals surface area contributed by atoms with Crippen LogP contribution in [-0.2, 0) is 0 Å². The van der Waals surface area contributed by atoms with Gasteiger partial charge in [-0.15, -0.1) is 0 Å². The summed E-state index contributed by atoms with van der Waals surface area (Å²) in [6.07, 6.45) is 1.20. The molecule has 1 fully saturated rings. The van der Waals surface area contributed by atoms with Crippen molar-refractivity contribution in [2.45, 2.75) is 33.1 Å². The van der Waals surface area contributed by atoms with Crippen LogP contribution in [0.15, 0.2) is 22.7 Å². The molecule has 2 rings (SSSR count). The van der Waals surface area contributed by atoms with Crippen LogP contribution in [0.2, 0.25) is 5.02 Å². The first kappa shape index (κ1) is 14.4. The summed E-state index contributed by atoms with van der Waals surface area (Å²) >= 11 is 9.57. The summed E-state index contributed by atoms with van der Waals surface area (Å²) in [7, 11) is 0. The Kier molecular flexibility index (Phi) is 4.40. The molecule has 0 bridgehead atoms. The summed E-state index contributed by atoms with van der Waals surface area (Å²) < 4.78 is 1.00. The number of hydrogen-bond acceptors (Lipinski definition) is 1. The van der Waals surface area contributed by atoms with Crippen molar-refractivity contribution in [3.05, 3.63) is 33.3 Å². The van der Waals surface area contributed by atoms with Gasteiger partial charge in [0.15, 0.2) is 0 Å². The first-order valence-corrected chi connectivity index (χ1v) is 7.81. The van der Waals surface area contributed by atoms with Crippen molar-refractivity contribution in [3.63, 3.8) is 0 Å². The fourth-order valence-electron chi connectivity index (χ4n) is 2.93. The molecule has 0 heterocycles. The van der Waals surface area contributed by atoms with Crippen molar-refractivity contribution in [1.29, 1.82) is 0 Å². The summed E-state index contributed by atoms with van der Waals surface area (Å²) in [5.41, 5.74) is 1.80.